The number of aromatic nitrogens is 1. The average Bonchev–Trinajstić information content (AvgIpc) is 2.61. The number of benzene rings is 1. The number of nitrogens with zero attached hydrogens (tertiary/aromatic N) is 3. The summed E-state index contributed by atoms with van der Waals surface area (Å²) >= 11 is 12.0. The number of carbonyl (C=O) groups is 2. The smallest absolute Gasteiger partial charge is 0.251 e. The summed E-state index contributed by atoms with van der Waals surface area (Å²) in [5.74, 6) is 0.580. The molecule has 0 unspecified atom stereocenters. The third-order valence-electron chi connectivity index (χ3n) is 5.60. The zero-order valence-corrected chi connectivity index (χ0v) is 17.1. The fourth-order valence-corrected chi connectivity index (χ4v) is 4.27. The van der Waals surface area contributed by atoms with Crippen LogP contribution in [-0.4, -0.2) is 34.3 Å². The fourth-order valence-electron chi connectivity index (χ4n) is 3.93. The zero-order valence-electron chi connectivity index (χ0n) is 15.6. The molecule has 2 fully saturated rings. The van der Waals surface area contributed by atoms with Gasteiger partial charge in [0.15, 0.2) is 0 Å². The number of aryl methyl sites for hydroxylation is 1. The number of hydrogen-bond donors (Lipinski definition) is 0. The Hall–Kier alpha value is -2.11. The van der Waals surface area contributed by atoms with Gasteiger partial charge in [0.25, 0.3) is 5.91 Å². The molecule has 0 radical (unpaired) electrons. The number of halogens is 2. The standard InChI is InChI=1S/C21H21Cl2N3O2/c1-13-9-17(23)10-24-20(13)26-12-18(27)25(11-14-5-7-16(22)8-6-14)19(21(26)28)15-3-2-4-15/h5-10,15,19H,2-4,11-12H2,1H3/t19-/m1/s1. The van der Waals surface area contributed by atoms with E-state index in [-0.39, 0.29) is 24.3 Å². The van der Waals surface area contributed by atoms with E-state index in [1.807, 2.05) is 19.1 Å². The van der Waals surface area contributed by atoms with Crippen LogP contribution >= 0.6 is 23.2 Å². The molecule has 5 nitrogen and oxygen atoms in total. The predicted molar refractivity (Wildman–Crippen MR) is 109 cm³/mol. The number of anilines is 1. The van der Waals surface area contributed by atoms with E-state index in [0.29, 0.717) is 22.4 Å². The number of piperazine rings is 1. The maximum absolute atomic E-state index is 13.4. The van der Waals surface area contributed by atoms with Gasteiger partial charge in [-0.05, 0) is 55.0 Å². The Bertz CT molecular complexity index is 912. The molecule has 1 aliphatic heterocycles. The van der Waals surface area contributed by atoms with Crippen LogP contribution in [0.15, 0.2) is 36.5 Å². The first-order valence-electron chi connectivity index (χ1n) is 9.41. The molecule has 1 aliphatic carbocycles. The van der Waals surface area contributed by atoms with Crippen LogP contribution < -0.4 is 4.90 Å². The molecule has 0 bridgehead atoms. The van der Waals surface area contributed by atoms with E-state index in [0.717, 1.165) is 30.4 Å². The topological polar surface area (TPSA) is 53.5 Å². The summed E-state index contributed by atoms with van der Waals surface area (Å²) in [6.45, 7) is 2.25. The van der Waals surface area contributed by atoms with Crippen molar-refractivity contribution in [1.29, 1.82) is 0 Å². The Balaban J connectivity index is 1.65. The Morgan fingerprint density at radius 2 is 1.82 bits per heavy atom. The van der Waals surface area contributed by atoms with Gasteiger partial charge >= 0.3 is 0 Å². The highest BCUT2D eigenvalue weighted by atomic mass is 35.5. The molecule has 2 amide bonds. The molecule has 1 saturated heterocycles. The van der Waals surface area contributed by atoms with Crippen LogP contribution in [-0.2, 0) is 16.1 Å². The van der Waals surface area contributed by atoms with Crippen molar-refractivity contribution in [3.63, 3.8) is 0 Å². The minimum absolute atomic E-state index is 0.00881. The van der Waals surface area contributed by atoms with E-state index >= 15 is 0 Å². The van der Waals surface area contributed by atoms with Crippen molar-refractivity contribution in [3.8, 4) is 0 Å². The van der Waals surface area contributed by atoms with E-state index in [1.165, 1.54) is 11.1 Å². The summed E-state index contributed by atoms with van der Waals surface area (Å²) in [4.78, 5) is 34.1. The Kier molecular flexibility index (Phi) is 5.30. The number of amides is 2. The molecule has 1 aromatic carbocycles. The van der Waals surface area contributed by atoms with Gasteiger partial charge in [-0.2, -0.15) is 0 Å². The molecular weight excluding hydrogens is 397 g/mol. The molecule has 7 heteroatoms. The van der Waals surface area contributed by atoms with Crippen LogP contribution in [0.5, 0.6) is 0 Å². The number of pyridine rings is 1. The van der Waals surface area contributed by atoms with Gasteiger partial charge in [-0.15, -0.1) is 0 Å². The minimum atomic E-state index is -0.456. The Morgan fingerprint density at radius 3 is 2.43 bits per heavy atom. The van der Waals surface area contributed by atoms with E-state index in [4.69, 9.17) is 23.2 Å². The molecule has 1 saturated carbocycles. The van der Waals surface area contributed by atoms with Crippen LogP contribution in [0.2, 0.25) is 10.0 Å². The molecule has 2 aromatic rings. The van der Waals surface area contributed by atoms with Crippen molar-refractivity contribution >= 4 is 40.8 Å². The molecule has 0 spiro atoms. The maximum atomic E-state index is 13.4. The molecule has 146 valence electrons. The summed E-state index contributed by atoms with van der Waals surface area (Å²) in [5.41, 5.74) is 1.75. The van der Waals surface area contributed by atoms with Gasteiger partial charge in [0.05, 0.1) is 5.02 Å². The highest BCUT2D eigenvalue weighted by Crippen LogP contribution is 2.37. The van der Waals surface area contributed by atoms with Crippen LogP contribution in [0.1, 0.15) is 30.4 Å². The van der Waals surface area contributed by atoms with E-state index in [2.05, 4.69) is 4.98 Å². The second kappa shape index (κ2) is 7.72. The van der Waals surface area contributed by atoms with E-state index in [9.17, 15) is 9.59 Å². The van der Waals surface area contributed by atoms with Crippen molar-refractivity contribution in [2.45, 2.75) is 38.8 Å². The SMILES string of the molecule is Cc1cc(Cl)cnc1N1CC(=O)N(Cc2ccc(Cl)cc2)[C@H](C2CCC2)C1=O. The summed E-state index contributed by atoms with van der Waals surface area (Å²) in [6.07, 6.45) is 4.53. The summed E-state index contributed by atoms with van der Waals surface area (Å²) < 4.78 is 0. The third kappa shape index (κ3) is 3.61. The fraction of sp³-hybridized carbons (Fsp3) is 0.381. The van der Waals surface area contributed by atoms with Crippen LogP contribution in [0, 0.1) is 12.8 Å². The zero-order chi connectivity index (χ0) is 19.8. The Morgan fingerprint density at radius 1 is 1.11 bits per heavy atom. The van der Waals surface area contributed by atoms with E-state index < -0.39 is 6.04 Å². The number of carbonyl (C=O) groups excluding carboxylic acids is 2. The van der Waals surface area contributed by atoms with Gasteiger partial charge in [0.2, 0.25) is 5.91 Å². The van der Waals surface area contributed by atoms with Crippen LogP contribution in [0.25, 0.3) is 0 Å². The lowest BCUT2D eigenvalue weighted by Gasteiger charge is -2.46. The number of hydrogen-bond acceptors (Lipinski definition) is 3. The summed E-state index contributed by atoms with van der Waals surface area (Å²) in [6, 6.07) is 8.71. The Labute approximate surface area is 174 Å². The van der Waals surface area contributed by atoms with Crippen molar-refractivity contribution in [1.82, 2.24) is 9.88 Å². The van der Waals surface area contributed by atoms with Gasteiger partial charge in [-0.25, -0.2) is 4.98 Å². The predicted octanol–water partition coefficient (Wildman–Crippen LogP) is 4.24. The second-order valence-electron chi connectivity index (χ2n) is 7.50. The summed E-state index contributed by atoms with van der Waals surface area (Å²) in [7, 11) is 0. The monoisotopic (exact) mass is 417 g/mol. The van der Waals surface area contributed by atoms with Gasteiger partial charge in [-0.3, -0.25) is 14.5 Å². The maximum Gasteiger partial charge on any atom is 0.251 e. The van der Waals surface area contributed by atoms with Crippen molar-refractivity contribution in [3.05, 3.63) is 57.7 Å². The second-order valence-corrected chi connectivity index (χ2v) is 8.38. The van der Waals surface area contributed by atoms with Crippen LogP contribution in [0.4, 0.5) is 5.82 Å². The third-order valence-corrected chi connectivity index (χ3v) is 6.06. The lowest BCUT2D eigenvalue weighted by molar-refractivity contribution is -0.147. The van der Waals surface area contributed by atoms with Crippen LogP contribution in [0.3, 0.4) is 0 Å². The lowest BCUT2D eigenvalue weighted by atomic mass is 9.77. The first-order chi connectivity index (χ1) is 13.4. The molecule has 4 rings (SSSR count). The van der Waals surface area contributed by atoms with Gasteiger partial charge < -0.3 is 4.90 Å². The largest absolute Gasteiger partial charge is 0.324 e. The summed E-state index contributed by atoms with van der Waals surface area (Å²) in [5, 5.41) is 1.16. The molecule has 0 N–H and O–H groups in total. The number of rotatable bonds is 4. The van der Waals surface area contributed by atoms with Crippen molar-refractivity contribution in [2.75, 3.05) is 11.4 Å². The van der Waals surface area contributed by atoms with Gasteiger partial charge in [0.1, 0.15) is 18.4 Å². The quantitative estimate of drug-likeness (QED) is 0.747. The lowest BCUT2D eigenvalue weighted by Crippen LogP contribution is -2.63. The van der Waals surface area contributed by atoms with Gasteiger partial charge in [0, 0.05) is 17.8 Å². The first-order valence-corrected chi connectivity index (χ1v) is 10.2. The highest BCUT2D eigenvalue weighted by Gasteiger charge is 2.46. The molecule has 1 aromatic heterocycles. The molecular formula is C21H21Cl2N3O2. The highest BCUT2D eigenvalue weighted by molar-refractivity contribution is 6.30. The normalized spacial score (nSPS) is 20.5. The molecule has 2 aliphatic rings. The van der Waals surface area contributed by atoms with Crippen molar-refractivity contribution < 1.29 is 9.59 Å². The molecule has 28 heavy (non-hydrogen) atoms. The minimum Gasteiger partial charge on any atom is -0.324 e. The molecule has 1 atom stereocenters. The average molecular weight is 418 g/mol. The van der Waals surface area contributed by atoms with Gasteiger partial charge in [-0.1, -0.05) is 41.8 Å². The molecule has 2 heterocycles. The van der Waals surface area contributed by atoms with E-state index in [1.54, 1.807) is 23.1 Å². The first kappa shape index (κ1) is 19.2. The van der Waals surface area contributed by atoms with Crippen molar-refractivity contribution in [2.24, 2.45) is 5.92 Å².